The van der Waals surface area contributed by atoms with Crippen LogP contribution in [0.4, 0.5) is 0 Å². The average Bonchev–Trinajstić information content (AvgIpc) is 3.17. The maximum Gasteiger partial charge on any atom is 0.278 e. The maximum atomic E-state index is 5.33. The Morgan fingerprint density at radius 1 is 1.15 bits per heavy atom. The summed E-state index contributed by atoms with van der Waals surface area (Å²) in [6.45, 7) is 2.15. The van der Waals surface area contributed by atoms with E-state index in [0.29, 0.717) is 23.2 Å². The van der Waals surface area contributed by atoms with E-state index in [9.17, 15) is 0 Å². The Labute approximate surface area is 113 Å². The molecule has 0 unspecified atom stereocenters. The zero-order valence-electron chi connectivity index (χ0n) is 10.6. The number of H-pyrrole nitrogens is 1. The predicted octanol–water partition coefficient (Wildman–Crippen LogP) is 2.16. The number of rotatable bonds is 2. The van der Waals surface area contributed by atoms with Crippen LogP contribution in [0, 0.1) is 6.92 Å². The van der Waals surface area contributed by atoms with Gasteiger partial charge >= 0.3 is 0 Å². The minimum Gasteiger partial charge on any atom is -0.454 e. The highest BCUT2D eigenvalue weighted by Gasteiger charge is 2.17. The normalized spacial score (nSPS) is 12.8. The van der Waals surface area contributed by atoms with E-state index in [2.05, 4.69) is 20.3 Å². The van der Waals surface area contributed by atoms with Crippen LogP contribution in [0.2, 0.25) is 0 Å². The van der Waals surface area contributed by atoms with Gasteiger partial charge < -0.3 is 14.0 Å². The van der Waals surface area contributed by atoms with E-state index < -0.39 is 0 Å². The van der Waals surface area contributed by atoms with Gasteiger partial charge in [-0.15, -0.1) is 0 Å². The van der Waals surface area contributed by atoms with Gasteiger partial charge in [0, 0.05) is 11.3 Å². The van der Waals surface area contributed by atoms with Gasteiger partial charge in [0.15, 0.2) is 17.2 Å². The molecule has 0 amide bonds. The van der Waals surface area contributed by atoms with E-state index in [1.54, 1.807) is 0 Å². The van der Waals surface area contributed by atoms with Gasteiger partial charge in [-0.25, -0.2) is 0 Å². The lowest BCUT2D eigenvalue weighted by Gasteiger charge is -1.97. The monoisotopic (exact) mass is 270 g/mol. The zero-order chi connectivity index (χ0) is 13.5. The first-order chi connectivity index (χ1) is 9.79. The van der Waals surface area contributed by atoms with E-state index in [4.69, 9.17) is 14.0 Å². The SMILES string of the molecule is Cc1cc(-c2nc(-c3ccc4c(c3)OCO4)no2)n[nH]1. The second kappa shape index (κ2) is 4.09. The van der Waals surface area contributed by atoms with E-state index in [1.807, 2.05) is 31.2 Å². The molecule has 100 valence electrons. The fourth-order valence-corrected chi connectivity index (χ4v) is 2.01. The molecule has 0 atom stereocenters. The first kappa shape index (κ1) is 11.0. The molecular formula is C13H10N4O3. The molecule has 0 aliphatic carbocycles. The van der Waals surface area contributed by atoms with Gasteiger partial charge in [0.25, 0.3) is 5.89 Å². The molecule has 3 heterocycles. The summed E-state index contributed by atoms with van der Waals surface area (Å²) < 4.78 is 15.8. The van der Waals surface area contributed by atoms with Crippen molar-refractivity contribution in [2.75, 3.05) is 6.79 Å². The Hall–Kier alpha value is -2.83. The number of hydrogen-bond donors (Lipinski definition) is 1. The molecule has 0 spiro atoms. The van der Waals surface area contributed by atoms with Crippen LogP contribution in [0.25, 0.3) is 23.0 Å². The number of nitrogens with zero attached hydrogens (tertiary/aromatic N) is 3. The number of aromatic nitrogens is 4. The number of aromatic amines is 1. The van der Waals surface area contributed by atoms with Crippen molar-refractivity contribution in [2.24, 2.45) is 0 Å². The van der Waals surface area contributed by atoms with Gasteiger partial charge in [0.05, 0.1) is 0 Å². The van der Waals surface area contributed by atoms with Crippen LogP contribution < -0.4 is 9.47 Å². The van der Waals surface area contributed by atoms with Crippen molar-refractivity contribution < 1.29 is 14.0 Å². The fourth-order valence-electron chi connectivity index (χ4n) is 2.01. The summed E-state index contributed by atoms with van der Waals surface area (Å²) in [7, 11) is 0. The van der Waals surface area contributed by atoms with E-state index in [1.165, 1.54) is 0 Å². The van der Waals surface area contributed by atoms with E-state index in [0.717, 1.165) is 17.0 Å². The van der Waals surface area contributed by atoms with Crippen LogP contribution in [-0.4, -0.2) is 27.1 Å². The number of nitrogens with one attached hydrogen (secondary N) is 1. The standard InChI is InChI=1S/C13H10N4O3/c1-7-4-9(16-15-7)13-14-12(17-20-13)8-2-3-10-11(5-8)19-6-18-10/h2-5H,6H2,1H3,(H,15,16). The quantitative estimate of drug-likeness (QED) is 0.768. The zero-order valence-corrected chi connectivity index (χ0v) is 10.6. The molecule has 0 saturated heterocycles. The Kier molecular flexibility index (Phi) is 2.26. The number of fused-ring (bicyclic) bond motifs is 1. The second-order valence-electron chi connectivity index (χ2n) is 4.43. The van der Waals surface area contributed by atoms with Crippen molar-refractivity contribution >= 4 is 0 Å². The molecule has 7 nitrogen and oxygen atoms in total. The third-order valence-electron chi connectivity index (χ3n) is 2.98. The minimum absolute atomic E-state index is 0.239. The van der Waals surface area contributed by atoms with Crippen LogP contribution in [0.3, 0.4) is 0 Å². The Bertz CT molecular complexity index is 778. The summed E-state index contributed by atoms with van der Waals surface area (Å²) in [4.78, 5) is 4.33. The van der Waals surface area contributed by atoms with Crippen molar-refractivity contribution in [3.05, 3.63) is 30.0 Å². The second-order valence-corrected chi connectivity index (χ2v) is 4.43. The summed E-state index contributed by atoms with van der Waals surface area (Å²) >= 11 is 0. The highest BCUT2D eigenvalue weighted by atomic mass is 16.7. The topological polar surface area (TPSA) is 86.1 Å². The molecule has 4 rings (SSSR count). The van der Waals surface area contributed by atoms with Crippen molar-refractivity contribution in [3.8, 4) is 34.5 Å². The van der Waals surface area contributed by atoms with Gasteiger partial charge in [-0.05, 0) is 31.2 Å². The van der Waals surface area contributed by atoms with Crippen molar-refractivity contribution in [2.45, 2.75) is 6.92 Å². The van der Waals surface area contributed by atoms with Gasteiger partial charge in [-0.3, -0.25) is 5.10 Å². The Morgan fingerprint density at radius 3 is 2.90 bits per heavy atom. The number of hydrogen-bond acceptors (Lipinski definition) is 6. The lowest BCUT2D eigenvalue weighted by atomic mass is 10.2. The average molecular weight is 270 g/mol. The molecule has 0 saturated carbocycles. The number of benzene rings is 1. The maximum absolute atomic E-state index is 5.33. The Balaban J connectivity index is 1.71. The minimum atomic E-state index is 0.239. The van der Waals surface area contributed by atoms with Crippen molar-refractivity contribution in [1.29, 1.82) is 0 Å². The van der Waals surface area contributed by atoms with Gasteiger partial charge in [0.2, 0.25) is 12.6 Å². The summed E-state index contributed by atoms with van der Waals surface area (Å²) in [5, 5.41) is 10.9. The first-order valence-corrected chi connectivity index (χ1v) is 6.06. The summed E-state index contributed by atoms with van der Waals surface area (Å²) in [5.74, 6) is 2.27. The third-order valence-corrected chi connectivity index (χ3v) is 2.98. The molecule has 1 aliphatic heterocycles. The smallest absolute Gasteiger partial charge is 0.278 e. The number of aryl methyl sites for hydroxylation is 1. The van der Waals surface area contributed by atoms with Crippen LogP contribution in [0.1, 0.15) is 5.69 Å². The van der Waals surface area contributed by atoms with Crippen LogP contribution in [0.5, 0.6) is 11.5 Å². The first-order valence-electron chi connectivity index (χ1n) is 6.06. The molecule has 0 radical (unpaired) electrons. The Morgan fingerprint density at radius 2 is 2.05 bits per heavy atom. The van der Waals surface area contributed by atoms with Crippen molar-refractivity contribution in [3.63, 3.8) is 0 Å². The highest BCUT2D eigenvalue weighted by Crippen LogP contribution is 2.35. The van der Waals surface area contributed by atoms with E-state index in [-0.39, 0.29) is 6.79 Å². The van der Waals surface area contributed by atoms with E-state index >= 15 is 0 Å². The molecule has 1 aromatic carbocycles. The largest absolute Gasteiger partial charge is 0.454 e. The molecule has 20 heavy (non-hydrogen) atoms. The molecular weight excluding hydrogens is 260 g/mol. The van der Waals surface area contributed by atoms with Gasteiger partial charge in [-0.1, -0.05) is 5.16 Å². The highest BCUT2D eigenvalue weighted by molar-refractivity contribution is 5.62. The molecule has 1 aliphatic rings. The lowest BCUT2D eigenvalue weighted by molar-refractivity contribution is 0.174. The van der Waals surface area contributed by atoms with Gasteiger partial charge in [-0.2, -0.15) is 10.1 Å². The van der Waals surface area contributed by atoms with Crippen molar-refractivity contribution in [1.82, 2.24) is 20.3 Å². The molecule has 7 heteroatoms. The number of ether oxygens (including phenoxy) is 2. The van der Waals surface area contributed by atoms with Crippen LogP contribution >= 0.6 is 0 Å². The fraction of sp³-hybridized carbons (Fsp3) is 0.154. The lowest BCUT2D eigenvalue weighted by Crippen LogP contribution is -1.92. The summed E-state index contributed by atoms with van der Waals surface area (Å²) in [5.41, 5.74) is 2.36. The summed E-state index contributed by atoms with van der Waals surface area (Å²) in [6.07, 6.45) is 0. The molecule has 0 bridgehead atoms. The van der Waals surface area contributed by atoms with Crippen LogP contribution in [0.15, 0.2) is 28.8 Å². The molecule has 2 aromatic heterocycles. The third kappa shape index (κ3) is 1.71. The van der Waals surface area contributed by atoms with Crippen LogP contribution in [-0.2, 0) is 0 Å². The van der Waals surface area contributed by atoms with Gasteiger partial charge in [0.1, 0.15) is 0 Å². The molecule has 3 aromatic rings. The summed E-state index contributed by atoms with van der Waals surface area (Å²) in [6, 6.07) is 7.36. The molecule has 1 N–H and O–H groups in total. The predicted molar refractivity (Wildman–Crippen MR) is 68.2 cm³/mol. The molecule has 0 fully saturated rings.